The predicted octanol–water partition coefficient (Wildman–Crippen LogP) is 1.88. The molecule has 1 aromatic rings. The number of rotatable bonds is 2. The Labute approximate surface area is 102 Å². The van der Waals surface area contributed by atoms with Gasteiger partial charge in [-0.2, -0.15) is 9.37 Å². The Balaban J connectivity index is 2.07. The van der Waals surface area contributed by atoms with Crippen LogP contribution in [0.15, 0.2) is 6.20 Å². The van der Waals surface area contributed by atoms with Crippen LogP contribution in [0, 0.1) is 17.8 Å². The van der Waals surface area contributed by atoms with Crippen molar-refractivity contribution < 1.29 is 18.3 Å². The van der Waals surface area contributed by atoms with E-state index in [4.69, 9.17) is 4.74 Å². The van der Waals surface area contributed by atoms with Gasteiger partial charge in [0.15, 0.2) is 11.6 Å². The summed E-state index contributed by atoms with van der Waals surface area (Å²) < 4.78 is 31.7. The van der Waals surface area contributed by atoms with E-state index in [9.17, 15) is 13.6 Å². The van der Waals surface area contributed by atoms with E-state index in [2.05, 4.69) is 9.97 Å². The number of cyclic esters (lactones) is 1. The molecule has 0 radical (unpaired) electrons. The average Bonchev–Trinajstić information content (AvgIpc) is 3.12. The Morgan fingerprint density at radius 2 is 2.22 bits per heavy atom. The lowest BCUT2D eigenvalue weighted by Crippen LogP contribution is -2.47. The average molecular weight is 255 g/mol. The van der Waals surface area contributed by atoms with E-state index in [1.165, 1.54) is 0 Å². The monoisotopic (exact) mass is 255 g/mol. The minimum absolute atomic E-state index is 0.168. The van der Waals surface area contributed by atoms with E-state index in [0.29, 0.717) is 0 Å². The quantitative estimate of drug-likeness (QED) is 0.757. The molecule has 96 valence electrons. The fourth-order valence-electron chi connectivity index (χ4n) is 2.37. The van der Waals surface area contributed by atoms with Crippen molar-refractivity contribution in [3.8, 4) is 0 Å². The van der Waals surface area contributed by atoms with Crippen molar-refractivity contribution in [1.82, 2.24) is 9.97 Å². The molecule has 1 aliphatic heterocycles. The molecule has 2 heterocycles. The summed E-state index contributed by atoms with van der Waals surface area (Å²) in [5, 5.41) is 0. The minimum Gasteiger partial charge on any atom is -0.447 e. The first kappa shape index (κ1) is 11.3. The molecule has 0 aromatic carbocycles. The maximum Gasteiger partial charge on any atom is 0.416 e. The number of hydrogen-bond donors (Lipinski definition) is 0. The highest BCUT2D eigenvalue weighted by Crippen LogP contribution is 2.47. The van der Waals surface area contributed by atoms with Gasteiger partial charge >= 0.3 is 12.2 Å². The van der Waals surface area contributed by atoms with Crippen LogP contribution in [0.25, 0.3) is 0 Å². The van der Waals surface area contributed by atoms with Crippen LogP contribution in [0.4, 0.5) is 19.4 Å². The van der Waals surface area contributed by atoms with Crippen LogP contribution in [0.3, 0.4) is 0 Å². The van der Waals surface area contributed by atoms with Gasteiger partial charge in [0.25, 0.3) is 0 Å². The predicted molar refractivity (Wildman–Crippen MR) is 56.9 cm³/mol. The largest absolute Gasteiger partial charge is 0.447 e. The first-order valence-electron chi connectivity index (χ1n) is 5.67. The van der Waals surface area contributed by atoms with E-state index in [0.717, 1.165) is 23.9 Å². The number of carbonyl (C=O) groups excluding carboxylic acids is 1. The fraction of sp³-hybridized carbons (Fsp3) is 0.545. The molecule has 1 aromatic heterocycles. The lowest BCUT2D eigenvalue weighted by atomic mass is 9.96. The third kappa shape index (κ3) is 1.53. The number of amides is 1. The topological polar surface area (TPSA) is 55.3 Å². The van der Waals surface area contributed by atoms with Crippen LogP contribution in [0.5, 0.6) is 0 Å². The summed E-state index contributed by atoms with van der Waals surface area (Å²) in [6, 6.07) is 0. The van der Waals surface area contributed by atoms with E-state index in [1.807, 2.05) is 0 Å². The number of anilines is 1. The molecular formula is C11H11F2N3O2. The van der Waals surface area contributed by atoms with E-state index < -0.39 is 23.5 Å². The molecule has 1 amide bonds. The minimum atomic E-state index is -1.07. The summed E-state index contributed by atoms with van der Waals surface area (Å²) in [7, 11) is 0. The zero-order valence-corrected chi connectivity index (χ0v) is 9.69. The molecule has 0 unspecified atom stereocenters. The van der Waals surface area contributed by atoms with Crippen molar-refractivity contribution >= 4 is 11.9 Å². The molecular weight excluding hydrogens is 244 g/mol. The molecule has 1 saturated heterocycles. The molecule has 0 bridgehead atoms. The highest BCUT2D eigenvalue weighted by atomic mass is 19.1. The van der Waals surface area contributed by atoms with E-state index >= 15 is 0 Å². The van der Waals surface area contributed by atoms with E-state index in [-0.39, 0.29) is 18.3 Å². The van der Waals surface area contributed by atoms with Crippen molar-refractivity contribution in [3.63, 3.8) is 0 Å². The second kappa shape index (κ2) is 3.60. The Hall–Kier alpha value is -1.79. The molecule has 2 aliphatic rings. The zero-order chi connectivity index (χ0) is 12.9. The van der Waals surface area contributed by atoms with Gasteiger partial charge in [0, 0.05) is 0 Å². The van der Waals surface area contributed by atoms with Crippen LogP contribution in [0.1, 0.15) is 19.8 Å². The number of hydrogen-bond acceptors (Lipinski definition) is 4. The normalized spacial score (nSPS) is 27.5. The number of halogens is 2. The lowest BCUT2D eigenvalue weighted by molar-refractivity contribution is 0.172. The smallest absolute Gasteiger partial charge is 0.416 e. The van der Waals surface area contributed by atoms with E-state index in [1.54, 1.807) is 6.92 Å². The maximum absolute atomic E-state index is 13.7. The molecule has 7 heteroatoms. The number of aromatic nitrogens is 2. The molecule has 1 atom stereocenters. The lowest BCUT2D eigenvalue weighted by Gasteiger charge is -2.31. The SMILES string of the molecule is C[C@@]1(C2CC2)COC(=O)N1c1nc(F)ncc1F. The van der Waals surface area contributed by atoms with Gasteiger partial charge in [0.05, 0.1) is 11.7 Å². The van der Waals surface area contributed by atoms with Crippen molar-refractivity contribution in [3.05, 3.63) is 18.1 Å². The van der Waals surface area contributed by atoms with Gasteiger partial charge in [0.1, 0.15) is 6.61 Å². The van der Waals surface area contributed by atoms with Crippen molar-refractivity contribution in [2.24, 2.45) is 5.92 Å². The molecule has 2 fully saturated rings. The Morgan fingerprint density at radius 1 is 1.50 bits per heavy atom. The molecule has 0 spiro atoms. The maximum atomic E-state index is 13.7. The van der Waals surface area contributed by atoms with Crippen LogP contribution in [-0.2, 0) is 4.74 Å². The standard InChI is InChI=1S/C11H11F2N3O2/c1-11(6-2-3-6)5-18-10(17)16(11)8-7(12)4-14-9(13)15-8/h4,6H,2-3,5H2,1H3/t11-/m0/s1. The summed E-state index contributed by atoms with van der Waals surface area (Å²) >= 11 is 0. The van der Waals surface area contributed by atoms with Gasteiger partial charge in [-0.05, 0) is 25.7 Å². The molecule has 5 nitrogen and oxygen atoms in total. The van der Waals surface area contributed by atoms with Gasteiger partial charge in [-0.3, -0.25) is 0 Å². The highest BCUT2D eigenvalue weighted by molar-refractivity contribution is 5.90. The van der Waals surface area contributed by atoms with Crippen molar-refractivity contribution in [1.29, 1.82) is 0 Å². The number of nitrogens with zero attached hydrogens (tertiary/aromatic N) is 3. The first-order valence-corrected chi connectivity index (χ1v) is 5.67. The van der Waals surface area contributed by atoms with Crippen LogP contribution < -0.4 is 4.90 Å². The van der Waals surface area contributed by atoms with Gasteiger partial charge in [-0.15, -0.1) is 0 Å². The van der Waals surface area contributed by atoms with Crippen LogP contribution in [0.2, 0.25) is 0 Å². The van der Waals surface area contributed by atoms with Gasteiger partial charge in [-0.25, -0.2) is 19.1 Å². The van der Waals surface area contributed by atoms with Gasteiger partial charge in [0.2, 0.25) is 0 Å². The molecule has 18 heavy (non-hydrogen) atoms. The molecule has 1 aliphatic carbocycles. The summed E-state index contributed by atoms with van der Waals surface area (Å²) in [6.07, 6.45) is 0.847. The molecule has 3 rings (SSSR count). The number of ether oxygens (including phenoxy) is 1. The van der Waals surface area contributed by atoms with Crippen molar-refractivity contribution in [2.75, 3.05) is 11.5 Å². The van der Waals surface area contributed by atoms with Gasteiger partial charge < -0.3 is 4.74 Å². The highest BCUT2D eigenvalue weighted by Gasteiger charge is 2.55. The second-order valence-electron chi connectivity index (χ2n) is 4.83. The second-order valence-corrected chi connectivity index (χ2v) is 4.83. The third-order valence-electron chi connectivity index (χ3n) is 3.55. The molecule has 1 saturated carbocycles. The van der Waals surface area contributed by atoms with Crippen LogP contribution in [-0.4, -0.2) is 28.2 Å². The third-order valence-corrected chi connectivity index (χ3v) is 3.55. The zero-order valence-electron chi connectivity index (χ0n) is 9.69. The Kier molecular flexibility index (Phi) is 2.26. The molecule has 0 N–H and O–H groups in total. The fourth-order valence-corrected chi connectivity index (χ4v) is 2.37. The first-order chi connectivity index (χ1) is 8.52. The van der Waals surface area contributed by atoms with Crippen LogP contribution >= 0.6 is 0 Å². The summed E-state index contributed by atoms with van der Waals surface area (Å²) in [5.41, 5.74) is -0.654. The summed E-state index contributed by atoms with van der Waals surface area (Å²) in [5.74, 6) is -0.942. The summed E-state index contributed by atoms with van der Waals surface area (Å²) in [6.45, 7) is 1.97. The van der Waals surface area contributed by atoms with Gasteiger partial charge in [-0.1, -0.05) is 0 Å². The Morgan fingerprint density at radius 3 is 2.89 bits per heavy atom. The number of carbonyl (C=O) groups is 1. The summed E-state index contributed by atoms with van der Waals surface area (Å²) in [4.78, 5) is 19.4. The van der Waals surface area contributed by atoms with Crippen molar-refractivity contribution in [2.45, 2.75) is 25.3 Å². The Bertz CT molecular complexity index is 521.